The number of hydrogen-bond acceptors (Lipinski definition) is 7. The molecule has 1 saturated heterocycles. The van der Waals surface area contributed by atoms with E-state index in [4.69, 9.17) is 9.84 Å². The van der Waals surface area contributed by atoms with E-state index in [9.17, 15) is 8.42 Å². The van der Waals surface area contributed by atoms with E-state index < -0.39 is 10.0 Å². The van der Waals surface area contributed by atoms with Gasteiger partial charge in [-0.3, -0.25) is 0 Å². The van der Waals surface area contributed by atoms with Gasteiger partial charge in [0.15, 0.2) is 5.82 Å². The van der Waals surface area contributed by atoms with Crippen LogP contribution in [0.5, 0.6) is 5.75 Å². The molecule has 8 nitrogen and oxygen atoms in total. The summed E-state index contributed by atoms with van der Waals surface area (Å²) in [5.74, 6) is 1.84. The maximum Gasteiger partial charge on any atom is 0.234 e. The van der Waals surface area contributed by atoms with Gasteiger partial charge < -0.3 is 4.74 Å². The quantitative estimate of drug-likeness (QED) is 0.642. The number of sulfonamides is 1. The monoisotopic (exact) mass is 407 g/mol. The average Bonchev–Trinajstić information content (AvgIpc) is 3.22. The van der Waals surface area contributed by atoms with Crippen molar-refractivity contribution in [2.75, 3.05) is 26.5 Å². The van der Waals surface area contributed by atoms with Gasteiger partial charge in [0.2, 0.25) is 15.0 Å². The summed E-state index contributed by atoms with van der Waals surface area (Å²) >= 11 is 1.53. The number of piperidine rings is 1. The van der Waals surface area contributed by atoms with Crippen molar-refractivity contribution < 1.29 is 13.2 Å². The molecule has 0 unspecified atom stereocenters. The summed E-state index contributed by atoms with van der Waals surface area (Å²) < 4.78 is 31.9. The summed E-state index contributed by atoms with van der Waals surface area (Å²) in [4.78, 5) is 0.777. The fourth-order valence-electron chi connectivity index (χ4n) is 3.36. The van der Waals surface area contributed by atoms with Crippen LogP contribution >= 0.6 is 11.3 Å². The predicted molar refractivity (Wildman–Crippen MR) is 103 cm³/mol. The molecule has 10 heteroatoms. The molecular weight excluding hydrogens is 386 g/mol. The highest BCUT2D eigenvalue weighted by Crippen LogP contribution is 2.29. The van der Waals surface area contributed by atoms with E-state index in [1.54, 1.807) is 7.11 Å². The van der Waals surface area contributed by atoms with Gasteiger partial charge in [-0.05, 0) is 30.5 Å². The van der Waals surface area contributed by atoms with Gasteiger partial charge in [-0.25, -0.2) is 12.7 Å². The highest BCUT2D eigenvalue weighted by Gasteiger charge is 2.29. The zero-order valence-corrected chi connectivity index (χ0v) is 16.8. The molecule has 0 N–H and O–H groups in total. The third-order valence-corrected chi connectivity index (χ3v) is 7.06. The van der Waals surface area contributed by atoms with Crippen LogP contribution in [0, 0.1) is 0 Å². The lowest BCUT2D eigenvalue weighted by Crippen LogP contribution is -2.37. The van der Waals surface area contributed by atoms with Crippen molar-refractivity contribution in [3.05, 3.63) is 40.7 Å². The summed E-state index contributed by atoms with van der Waals surface area (Å²) in [7, 11) is -1.48. The molecule has 0 atom stereocenters. The van der Waals surface area contributed by atoms with E-state index in [0.29, 0.717) is 13.1 Å². The lowest BCUT2D eigenvalue weighted by atomic mass is 9.97. The minimum absolute atomic E-state index is 0.175. The zero-order valence-electron chi connectivity index (χ0n) is 15.2. The number of aromatic nitrogens is 4. The Labute approximate surface area is 161 Å². The van der Waals surface area contributed by atoms with Gasteiger partial charge in [0, 0.05) is 25.4 Å². The van der Waals surface area contributed by atoms with Crippen molar-refractivity contribution in [1.82, 2.24) is 24.1 Å². The molecule has 0 radical (unpaired) electrons. The van der Waals surface area contributed by atoms with Crippen LogP contribution in [0.3, 0.4) is 0 Å². The predicted octanol–water partition coefficient (Wildman–Crippen LogP) is 1.92. The molecule has 27 heavy (non-hydrogen) atoms. The van der Waals surface area contributed by atoms with E-state index in [2.05, 4.69) is 10.2 Å². The van der Waals surface area contributed by atoms with Crippen LogP contribution in [0.4, 0.5) is 0 Å². The Morgan fingerprint density at radius 1 is 1.19 bits per heavy atom. The number of methoxy groups -OCH3 is 1. The average molecular weight is 408 g/mol. The minimum Gasteiger partial charge on any atom is -0.497 e. The number of benzene rings is 1. The second-order valence-corrected chi connectivity index (χ2v) is 9.73. The number of ether oxygens (including phenoxy) is 1. The molecule has 0 aliphatic carbocycles. The molecule has 1 aliphatic heterocycles. The number of nitrogens with zero attached hydrogens (tertiary/aromatic N) is 5. The molecule has 4 rings (SSSR count). The van der Waals surface area contributed by atoms with Crippen LogP contribution in [0.25, 0.3) is 4.96 Å². The van der Waals surface area contributed by atoms with E-state index in [1.165, 1.54) is 21.9 Å². The van der Waals surface area contributed by atoms with Crippen molar-refractivity contribution in [1.29, 1.82) is 0 Å². The summed E-state index contributed by atoms with van der Waals surface area (Å²) in [6.07, 6.45) is 3.46. The Bertz CT molecular complexity index is 1030. The Balaban J connectivity index is 1.50. The second kappa shape index (κ2) is 7.17. The van der Waals surface area contributed by atoms with Crippen LogP contribution in [0.2, 0.25) is 0 Å². The van der Waals surface area contributed by atoms with Gasteiger partial charge in [-0.15, -0.1) is 10.2 Å². The molecule has 0 amide bonds. The number of rotatable bonds is 5. The molecular formula is C17H21N5O3S2. The number of hydrogen-bond donors (Lipinski definition) is 0. The van der Waals surface area contributed by atoms with E-state index in [-0.39, 0.29) is 5.92 Å². The fraction of sp³-hybridized carbons (Fsp3) is 0.471. The molecule has 1 aromatic carbocycles. The van der Waals surface area contributed by atoms with Crippen LogP contribution in [0.15, 0.2) is 24.3 Å². The first-order chi connectivity index (χ1) is 12.9. The van der Waals surface area contributed by atoms with Crippen molar-refractivity contribution in [2.24, 2.45) is 0 Å². The highest BCUT2D eigenvalue weighted by atomic mass is 32.2. The summed E-state index contributed by atoms with van der Waals surface area (Å²) in [5.41, 5.74) is 1.16. The van der Waals surface area contributed by atoms with Crippen LogP contribution in [-0.2, 0) is 16.4 Å². The largest absolute Gasteiger partial charge is 0.497 e. The first-order valence-electron chi connectivity index (χ1n) is 8.73. The molecule has 3 heterocycles. The highest BCUT2D eigenvalue weighted by molar-refractivity contribution is 7.88. The van der Waals surface area contributed by atoms with Crippen molar-refractivity contribution >= 4 is 26.3 Å². The molecule has 2 aromatic heterocycles. The molecule has 1 fully saturated rings. The lowest BCUT2D eigenvalue weighted by Gasteiger charge is -2.28. The first-order valence-corrected chi connectivity index (χ1v) is 11.4. The van der Waals surface area contributed by atoms with E-state index >= 15 is 0 Å². The second-order valence-electron chi connectivity index (χ2n) is 6.71. The van der Waals surface area contributed by atoms with Gasteiger partial charge >= 0.3 is 0 Å². The van der Waals surface area contributed by atoms with E-state index in [0.717, 1.165) is 46.4 Å². The maximum absolute atomic E-state index is 11.7. The smallest absolute Gasteiger partial charge is 0.234 e. The molecule has 0 spiro atoms. The zero-order chi connectivity index (χ0) is 19.0. The summed E-state index contributed by atoms with van der Waals surface area (Å²) in [6.45, 7) is 1.03. The van der Waals surface area contributed by atoms with Crippen LogP contribution in [-0.4, -0.2) is 59.0 Å². The fourth-order valence-corrected chi connectivity index (χ4v) is 5.11. The normalized spacial score (nSPS) is 16.8. The molecule has 0 saturated carbocycles. The summed E-state index contributed by atoms with van der Waals surface area (Å²) in [6, 6.07) is 7.94. The minimum atomic E-state index is -3.13. The Morgan fingerprint density at radius 3 is 2.52 bits per heavy atom. The van der Waals surface area contributed by atoms with E-state index in [1.807, 2.05) is 28.8 Å². The topological polar surface area (TPSA) is 89.7 Å². The summed E-state index contributed by atoms with van der Waals surface area (Å²) in [5, 5.41) is 14.3. The SMILES string of the molecule is COc1ccc(Cc2nn3c(C4CCN(S(C)(=O)=O)CC4)nnc3s2)cc1. The lowest BCUT2D eigenvalue weighted by molar-refractivity contribution is 0.313. The third kappa shape index (κ3) is 3.83. The van der Waals surface area contributed by atoms with Crippen LogP contribution in [0.1, 0.15) is 35.2 Å². The molecule has 144 valence electrons. The van der Waals surface area contributed by atoms with Crippen molar-refractivity contribution in [3.8, 4) is 5.75 Å². The molecule has 1 aliphatic rings. The molecule has 3 aromatic rings. The Kier molecular flexibility index (Phi) is 4.87. The van der Waals surface area contributed by atoms with Crippen LogP contribution < -0.4 is 4.74 Å². The van der Waals surface area contributed by atoms with Gasteiger partial charge in [0.1, 0.15) is 10.8 Å². The van der Waals surface area contributed by atoms with Gasteiger partial charge in [0.05, 0.1) is 13.4 Å². The van der Waals surface area contributed by atoms with Gasteiger partial charge in [0.25, 0.3) is 0 Å². The Hall–Kier alpha value is -2.04. The Morgan fingerprint density at radius 2 is 1.89 bits per heavy atom. The van der Waals surface area contributed by atoms with Crippen molar-refractivity contribution in [3.63, 3.8) is 0 Å². The number of fused-ring (bicyclic) bond motifs is 1. The first kappa shape index (κ1) is 18.3. The maximum atomic E-state index is 11.7. The van der Waals surface area contributed by atoms with Crippen molar-refractivity contribution in [2.45, 2.75) is 25.2 Å². The molecule has 0 bridgehead atoms. The standard InChI is InChI=1S/C17H21N5O3S2/c1-25-14-5-3-12(4-6-14)11-15-20-22-16(18-19-17(22)26-15)13-7-9-21(10-8-13)27(2,23)24/h3-6,13H,7-11H2,1-2H3. The van der Waals surface area contributed by atoms with Gasteiger partial charge in [-0.1, -0.05) is 23.5 Å². The van der Waals surface area contributed by atoms with Gasteiger partial charge in [-0.2, -0.15) is 9.61 Å². The third-order valence-electron chi connectivity index (χ3n) is 4.86.